The third-order valence-electron chi connectivity index (χ3n) is 9.28. The molecule has 0 radical (unpaired) electrons. The first-order valence-electron chi connectivity index (χ1n) is 16.3. The Morgan fingerprint density at radius 3 is 2.72 bits per heavy atom. The number of hydrogen-bond donors (Lipinski definition) is 3. The minimum absolute atomic E-state index is 0.0164. The number of carbonyl (C=O) groups excluding carboxylic acids is 2. The largest absolute Gasteiger partial charge is 0.509 e. The standard InChI is InChI=1S/C34H43N7O5/c1-23-29-11-14-40(18-25(29)7-10-31(23)45-20-28-17-35-22-46-28)19-27(42)16-36-33(43)30-15-32(38-21-37-30)39-26-8-5-24(6-9-26)34(44)41-12-3-2-4-13-41/h7,10,15,17,19,21-22,24,26,42H,2-6,8-9,11-14,16,18,20H2,1H3,(H,36,43)(H,37,38,39)/b27-19-/t24-,26-. The quantitative estimate of drug-likeness (QED) is 0.274. The van der Waals surface area contributed by atoms with Crippen molar-refractivity contribution in [3.05, 3.63) is 77.2 Å². The second-order valence-corrected chi connectivity index (χ2v) is 12.5. The molecule has 1 saturated heterocycles. The number of piperidine rings is 1. The topological polar surface area (TPSA) is 146 Å². The summed E-state index contributed by atoms with van der Waals surface area (Å²) in [7, 11) is 0. The molecule has 1 saturated carbocycles. The van der Waals surface area contributed by atoms with Gasteiger partial charge in [0.25, 0.3) is 5.91 Å². The second-order valence-electron chi connectivity index (χ2n) is 12.5. The van der Waals surface area contributed by atoms with Crippen molar-refractivity contribution >= 4 is 17.6 Å². The molecule has 3 aromatic rings. The number of anilines is 1. The fraction of sp³-hybridized carbons (Fsp3) is 0.500. The van der Waals surface area contributed by atoms with E-state index >= 15 is 0 Å². The van der Waals surface area contributed by atoms with Gasteiger partial charge in [-0.15, -0.1) is 0 Å². The Bertz CT molecular complexity index is 1530. The molecule has 2 amide bonds. The van der Waals surface area contributed by atoms with Crippen LogP contribution in [0, 0.1) is 12.8 Å². The molecule has 0 unspecified atom stereocenters. The van der Waals surface area contributed by atoms with Crippen molar-refractivity contribution in [1.82, 2.24) is 30.1 Å². The number of aromatic nitrogens is 3. The van der Waals surface area contributed by atoms with Crippen LogP contribution in [0.4, 0.5) is 5.82 Å². The van der Waals surface area contributed by atoms with Crippen LogP contribution < -0.4 is 15.4 Å². The van der Waals surface area contributed by atoms with Crippen LogP contribution in [-0.4, -0.2) is 73.9 Å². The van der Waals surface area contributed by atoms with Crippen LogP contribution in [0.15, 0.2) is 53.5 Å². The van der Waals surface area contributed by atoms with E-state index in [9.17, 15) is 14.7 Å². The lowest BCUT2D eigenvalue weighted by molar-refractivity contribution is -0.137. The summed E-state index contributed by atoms with van der Waals surface area (Å²) in [5, 5.41) is 16.8. The van der Waals surface area contributed by atoms with Crippen LogP contribution in [-0.2, 0) is 24.4 Å². The summed E-state index contributed by atoms with van der Waals surface area (Å²) in [5.74, 6) is 2.16. The molecule has 12 nitrogen and oxygen atoms in total. The van der Waals surface area contributed by atoms with E-state index in [0.717, 1.165) is 75.9 Å². The zero-order chi connectivity index (χ0) is 31.9. The zero-order valence-corrected chi connectivity index (χ0v) is 26.4. The maximum Gasteiger partial charge on any atom is 0.270 e. The van der Waals surface area contributed by atoms with Crippen LogP contribution in [0.25, 0.3) is 0 Å². The number of oxazole rings is 1. The van der Waals surface area contributed by atoms with Crippen LogP contribution in [0.2, 0.25) is 0 Å². The summed E-state index contributed by atoms with van der Waals surface area (Å²) >= 11 is 0. The van der Waals surface area contributed by atoms with Gasteiger partial charge < -0.3 is 34.7 Å². The summed E-state index contributed by atoms with van der Waals surface area (Å²) in [6.45, 7) is 5.53. The number of carbonyl (C=O) groups is 2. The van der Waals surface area contributed by atoms with Gasteiger partial charge in [-0.05, 0) is 81.0 Å². The van der Waals surface area contributed by atoms with Gasteiger partial charge in [-0.2, -0.15) is 0 Å². The predicted molar refractivity (Wildman–Crippen MR) is 171 cm³/mol. The van der Waals surface area contributed by atoms with E-state index in [4.69, 9.17) is 9.15 Å². The molecule has 2 aliphatic heterocycles. The number of benzene rings is 1. The molecule has 0 atom stereocenters. The normalized spacial score (nSPS) is 20.2. The van der Waals surface area contributed by atoms with E-state index in [-0.39, 0.29) is 30.0 Å². The molecule has 3 aliphatic rings. The van der Waals surface area contributed by atoms with Crippen molar-refractivity contribution in [2.24, 2.45) is 5.92 Å². The van der Waals surface area contributed by atoms with E-state index < -0.39 is 5.91 Å². The number of nitrogens with zero attached hydrogens (tertiary/aromatic N) is 5. The summed E-state index contributed by atoms with van der Waals surface area (Å²) in [5.41, 5.74) is 3.75. The van der Waals surface area contributed by atoms with Crippen LogP contribution in [0.5, 0.6) is 5.75 Å². The Morgan fingerprint density at radius 2 is 1.93 bits per heavy atom. The minimum Gasteiger partial charge on any atom is -0.509 e. The maximum atomic E-state index is 12.9. The van der Waals surface area contributed by atoms with Gasteiger partial charge >= 0.3 is 0 Å². The highest BCUT2D eigenvalue weighted by Crippen LogP contribution is 2.31. The molecule has 4 heterocycles. The monoisotopic (exact) mass is 629 g/mol. The molecular weight excluding hydrogens is 586 g/mol. The lowest BCUT2D eigenvalue weighted by Gasteiger charge is -2.34. The molecule has 0 bridgehead atoms. The van der Waals surface area contributed by atoms with Gasteiger partial charge in [0.2, 0.25) is 5.91 Å². The van der Waals surface area contributed by atoms with Crippen molar-refractivity contribution < 1.29 is 23.8 Å². The fourth-order valence-corrected chi connectivity index (χ4v) is 6.71. The summed E-state index contributed by atoms with van der Waals surface area (Å²) in [6, 6.07) is 5.85. The summed E-state index contributed by atoms with van der Waals surface area (Å²) < 4.78 is 11.2. The molecule has 46 heavy (non-hydrogen) atoms. The number of nitrogens with one attached hydrogen (secondary N) is 2. The Kier molecular flexibility index (Phi) is 10.00. The minimum atomic E-state index is -0.390. The van der Waals surface area contributed by atoms with Gasteiger partial charge in [-0.25, -0.2) is 15.0 Å². The number of hydrogen-bond acceptors (Lipinski definition) is 10. The molecule has 3 N–H and O–H groups in total. The van der Waals surface area contributed by atoms with Gasteiger partial charge in [0, 0.05) is 50.4 Å². The molecule has 1 aliphatic carbocycles. The lowest BCUT2D eigenvalue weighted by atomic mass is 9.85. The van der Waals surface area contributed by atoms with E-state index in [1.807, 2.05) is 15.9 Å². The number of aliphatic hydroxyl groups is 1. The molecule has 0 spiro atoms. The van der Waals surface area contributed by atoms with Gasteiger partial charge in [0.15, 0.2) is 12.2 Å². The van der Waals surface area contributed by atoms with Crippen molar-refractivity contribution in [1.29, 1.82) is 0 Å². The number of fused-ring (bicyclic) bond motifs is 1. The molecule has 2 aromatic heterocycles. The van der Waals surface area contributed by atoms with Gasteiger partial charge in [-0.3, -0.25) is 9.59 Å². The molecule has 12 heteroatoms. The lowest BCUT2D eigenvalue weighted by Crippen LogP contribution is -2.41. The third-order valence-corrected chi connectivity index (χ3v) is 9.28. The van der Waals surface area contributed by atoms with Gasteiger partial charge in [0.1, 0.15) is 36.0 Å². The summed E-state index contributed by atoms with van der Waals surface area (Å²) in [6.07, 6.45) is 13.8. The third kappa shape index (κ3) is 7.78. The summed E-state index contributed by atoms with van der Waals surface area (Å²) in [4.78, 5) is 42.2. The number of ether oxygens (including phenoxy) is 1. The number of likely N-dealkylation sites (tertiary alicyclic amines) is 1. The first-order valence-corrected chi connectivity index (χ1v) is 16.3. The number of rotatable bonds is 10. The molecule has 1 aromatic carbocycles. The molecule has 6 rings (SSSR count). The maximum absolute atomic E-state index is 12.9. The van der Waals surface area contributed by atoms with Gasteiger partial charge in [0.05, 0.1) is 12.7 Å². The first kappa shape index (κ1) is 31.4. The van der Waals surface area contributed by atoms with E-state index in [2.05, 4.69) is 38.6 Å². The van der Waals surface area contributed by atoms with Gasteiger partial charge in [-0.1, -0.05) is 6.07 Å². The first-order chi connectivity index (χ1) is 22.4. The van der Waals surface area contributed by atoms with E-state index in [1.165, 1.54) is 30.3 Å². The van der Waals surface area contributed by atoms with Crippen LogP contribution in [0.1, 0.15) is 77.9 Å². The number of aliphatic hydroxyl groups excluding tert-OH is 1. The average Bonchev–Trinajstić information content (AvgIpc) is 3.61. The zero-order valence-electron chi connectivity index (χ0n) is 26.4. The SMILES string of the molecule is Cc1c(OCc2cnco2)ccc2c1CCN(/C=C(\O)CNC(=O)c1cc(N[C@H]3CC[C@H](C(=O)N4CCCCC4)CC3)ncn1)C2. The second kappa shape index (κ2) is 14.7. The Labute approximate surface area is 269 Å². The van der Waals surface area contributed by atoms with Crippen molar-refractivity contribution in [3.63, 3.8) is 0 Å². The van der Waals surface area contributed by atoms with E-state index in [0.29, 0.717) is 30.6 Å². The van der Waals surface area contributed by atoms with E-state index in [1.54, 1.807) is 18.5 Å². The van der Waals surface area contributed by atoms with Crippen LogP contribution in [0.3, 0.4) is 0 Å². The molecular formula is C34H43N7O5. The number of amides is 2. The van der Waals surface area contributed by atoms with Crippen molar-refractivity contribution in [3.8, 4) is 5.75 Å². The Hall–Kier alpha value is -4.61. The Balaban J connectivity index is 0.958. The molecule has 2 fully saturated rings. The highest BCUT2D eigenvalue weighted by Gasteiger charge is 2.30. The average molecular weight is 630 g/mol. The van der Waals surface area contributed by atoms with Crippen molar-refractivity contribution in [2.75, 3.05) is 31.5 Å². The fourth-order valence-electron chi connectivity index (χ4n) is 6.71. The molecule has 244 valence electrons. The van der Waals surface area contributed by atoms with Crippen molar-refractivity contribution in [2.45, 2.75) is 77.5 Å². The predicted octanol–water partition coefficient (Wildman–Crippen LogP) is 4.52. The Morgan fingerprint density at radius 1 is 1.11 bits per heavy atom. The smallest absolute Gasteiger partial charge is 0.270 e. The highest BCUT2D eigenvalue weighted by atomic mass is 16.5. The highest BCUT2D eigenvalue weighted by molar-refractivity contribution is 5.92. The van der Waals surface area contributed by atoms with Crippen LogP contribution >= 0.6 is 0 Å².